The minimum Gasteiger partial charge on any atom is -0.488 e. The Morgan fingerprint density at radius 2 is 2.00 bits per heavy atom. The van der Waals surface area contributed by atoms with Crippen LogP contribution in [0.3, 0.4) is 0 Å². The van der Waals surface area contributed by atoms with Crippen LogP contribution in [0.4, 0.5) is 8.78 Å². The molecule has 4 nitrogen and oxygen atoms in total. The number of benzene rings is 2. The number of hydrogen-bond donors (Lipinski definition) is 2. The van der Waals surface area contributed by atoms with Crippen molar-refractivity contribution < 1.29 is 18.7 Å². The van der Waals surface area contributed by atoms with Crippen molar-refractivity contribution in [3.63, 3.8) is 0 Å². The fraction of sp³-hybridized carbons (Fsp3) is 0.0714. The van der Waals surface area contributed by atoms with Crippen LogP contribution >= 0.6 is 15.9 Å². The van der Waals surface area contributed by atoms with E-state index in [1.807, 2.05) is 0 Å². The summed E-state index contributed by atoms with van der Waals surface area (Å²) in [5.41, 5.74) is 5.54. The molecule has 0 heterocycles. The molecule has 7 heteroatoms. The predicted molar refractivity (Wildman–Crippen MR) is 77.3 cm³/mol. The van der Waals surface area contributed by atoms with Crippen LogP contribution in [0.25, 0.3) is 0 Å². The maximum absolute atomic E-state index is 13.7. The molecule has 0 bridgehead atoms. The summed E-state index contributed by atoms with van der Waals surface area (Å²) in [5.74, 6) is -1.50. The molecule has 3 N–H and O–H groups in total. The quantitative estimate of drug-likeness (QED) is 0.381. The maximum Gasteiger partial charge on any atom is 0.176 e. The van der Waals surface area contributed by atoms with E-state index in [-0.39, 0.29) is 17.9 Å². The van der Waals surface area contributed by atoms with Gasteiger partial charge in [0, 0.05) is 10.0 Å². The summed E-state index contributed by atoms with van der Waals surface area (Å²) in [6, 6.07) is 8.53. The minimum atomic E-state index is -0.695. The molecule has 0 amide bonds. The van der Waals surface area contributed by atoms with E-state index in [4.69, 9.17) is 15.7 Å². The van der Waals surface area contributed by atoms with Gasteiger partial charge in [0.05, 0.1) is 5.56 Å². The van der Waals surface area contributed by atoms with E-state index < -0.39 is 17.5 Å². The van der Waals surface area contributed by atoms with Crippen LogP contribution in [0, 0.1) is 11.6 Å². The molecule has 0 fully saturated rings. The second-order valence-electron chi connectivity index (χ2n) is 4.12. The Hall–Kier alpha value is -2.15. The molecule has 0 atom stereocenters. The average Bonchev–Trinajstić information content (AvgIpc) is 2.45. The van der Waals surface area contributed by atoms with Gasteiger partial charge in [0.2, 0.25) is 0 Å². The van der Waals surface area contributed by atoms with Crippen LogP contribution in [0.5, 0.6) is 5.75 Å². The maximum atomic E-state index is 13.7. The van der Waals surface area contributed by atoms with Gasteiger partial charge in [-0.05, 0) is 24.3 Å². The summed E-state index contributed by atoms with van der Waals surface area (Å²) < 4.78 is 33.4. The Labute approximate surface area is 128 Å². The molecule has 110 valence electrons. The largest absolute Gasteiger partial charge is 0.488 e. The first-order valence-corrected chi connectivity index (χ1v) is 6.65. The van der Waals surface area contributed by atoms with E-state index in [1.165, 1.54) is 18.2 Å². The third-order valence-electron chi connectivity index (χ3n) is 2.74. The Balaban J connectivity index is 2.26. The fourth-order valence-corrected chi connectivity index (χ4v) is 2.05. The molecule has 2 rings (SSSR count). The van der Waals surface area contributed by atoms with Gasteiger partial charge in [0.1, 0.15) is 24.0 Å². The third-order valence-corrected chi connectivity index (χ3v) is 3.23. The molecule has 0 spiro atoms. The lowest BCUT2D eigenvalue weighted by Gasteiger charge is -2.12. The SMILES string of the molecule is N/C(=N\O)c1c(F)cccc1OCc1ccc(Br)cc1F. The van der Waals surface area contributed by atoms with Gasteiger partial charge in [-0.3, -0.25) is 0 Å². The lowest BCUT2D eigenvalue weighted by Crippen LogP contribution is -2.17. The molecular weight excluding hydrogens is 346 g/mol. The van der Waals surface area contributed by atoms with Crippen molar-refractivity contribution in [3.8, 4) is 5.75 Å². The van der Waals surface area contributed by atoms with Crippen LogP contribution in [0.15, 0.2) is 46.0 Å². The number of oxime groups is 1. The Kier molecular flexibility index (Phi) is 4.74. The van der Waals surface area contributed by atoms with E-state index in [9.17, 15) is 8.78 Å². The predicted octanol–water partition coefficient (Wildman–Crippen LogP) is 3.40. The second-order valence-corrected chi connectivity index (χ2v) is 5.04. The first-order valence-electron chi connectivity index (χ1n) is 5.86. The first-order chi connectivity index (χ1) is 10.0. The van der Waals surface area contributed by atoms with Crippen molar-refractivity contribution in [1.82, 2.24) is 0 Å². The molecule has 0 aliphatic rings. The van der Waals surface area contributed by atoms with Gasteiger partial charge in [0.15, 0.2) is 5.84 Å². The molecular formula is C14H11BrF2N2O2. The smallest absolute Gasteiger partial charge is 0.176 e. The number of hydrogen-bond acceptors (Lipinski definition) is 3. The summed E-state index contributed by atoms with van der Waals surface area (Å²) in [7, 11) is 0. The monoisotopic (exact) mass is 356 g/mol. The zero-order valence-electron chi connectivity index (χ0n) is 10.7. The Morgan fingerprint density at radius 1 is 1.24 bits per heavy atom. The van der Waals surface area contributed by atoms with E-state index >= 15 is 0 Å². The van der Waals surface area contributed by atoms with Gasteiger partial charge in [-0.2, -0.15) is 0 Å². The Morgan fingerprint density at radius 3 is 2.67 bits per heavy atom. The van der Waals surface area contributed by atoms with Crippen molar-refractivity contribution >= 4 is 21.8 Å². The second kappa shape index (κ2) is 6.53. The zero-order chi connectivity index (χ0) is 15.4. The van der Waals surface area contributed by atoms with E-state index in [2.05, 4.69) is 21.1 Å². The van der Waals surface area contributed by atoms with E-state index in [1.54, 1.807) is 12.1 Å². The summed E-state index contributed by atoms with van der Waals surface area (Å²) in [6.45, 7) is -0.117. The van der Waals surface area contributed by atoms with Crippen LogP contribution in [0.1, 0.15) is 11.1 Å². The molecule has 0 saturated carbocycles. The van der Waals surface area contributed by atoms with Gasteiger partial charge in [0.25, 0.3) is 0 Å². The van der Waals surface area contributed by atoms with Crippen molar-refractivity contribution in [3.05, 3.63) is 63.6 Å². The van der Waals surface area contributed by atoms with Gasteiger partial charge >= 0.3 is 0 Å². The van der Waals surface area contributed by atoms with Gasteiger partial charge in [-0.25, -0.2) is 8.78 Å². The van der Waals surface area contributed by atoms with E-state index in [0.29, 0.717) is 10.0 Å². The lowest BCUT2D eigenvalue weighted by atomic mass is 10.1. The molecule has 0 unspecified atom stereocenters. The van der Waals surface area contributed by atoms with Gasteiger partial charge in [-0.1, -0.05) is 33.2 Å². The number of nitrogens with two attached hydrogens (primary N) is 1. The fourth-order valence-electron chi connectivity index (χ4n) is 1.72. The lowest BCUT2D eigenvalue weighted by molar-refractivity contribution is 0.295. The summed E-state index contributed by atoms with van der Waals surface area (Å²) in [6.07, 6.45) is 0. The van der Waals surface area contributed by atoms with Gasteiger partial charge < -0.3 is 15.7 Å². The number of amidine groups is 1. The van der Waals surface area contributed by atoms with Gasteiger partial charge in [-0.15, -0.1) is 0 Å². The van der Waals surface area contributed by atoms with E-state index in [0.717, 1.165) is 6.07 Å². The van der Waals surface area contributed by atoms with Crippen LogP contribution < -0.4 is 10.5 Å². The van der Waals surface area contributed by atoms with Crippen molar-refractivity contribution in [2.75, 3.05) is 0 Å². The number of nitrogens with zero attached hydrogens (tertiary/aromatic N) is 1. The highest BCUT2D eigenvalue weighted by Crippen LogP contribution is 2.23. The van der Waals surface area contributed by atoms with Crippen molar-refractivity contribution in [2.45, 2.75) is 6.61 Å². The number of rotatable bonds is 4. The molecule has 2 aromatic carbocycles. The molecule has 0 radical (unpaired) electrons. The van der Waals surface area contributed by atoms with Crippen LogP contribution in [0.2, 0.25) is 0 Å². The topological polar surface area (TPSA) is 67.8 Å². The normalized spacial score (nSPS) is 11.5. The molecule has 0 aliphatic heterocycles. The average molecular weight is 357 g/mol. The molecule has 0 saturated heterocycles. The molecule has 21 heavy (non-hydrogen) atoms. The summed E-state index contributed by atoms with van der Waals surface area (Å²) >= 11 is 3.15. The van der Waals surface area contributed by atoms with Crippen molar-refractivity contribution in [1.29, 1.82) is 0 Å². The molecule has 0 aliphatic carbocycles. The standard InChI is InChI=1S/C14H11BrF2N2O2/c15-9-5-4-8(11(17)6-9)7-21-12-3-1-2-10(16)13(12)14(18)19-20/h1-6,20H,7H2,(H2,18,19). The molecule has 2 aromatic rings. The molecule has 0 aromatic heterocycles. The highest BCUT2D eigenvalue weighted by atomic mass is 79.9. The highest BCUT2D eigenvalue weighted by molar-refractivity contribution is 9.10. The van der Waals surface area contributed by atoms with Crippen LogP contribution in [-0.4, -0.2) is 11.0 Å². The minimum absolute atomic E-state index is 0.0626. The zero-order valence-corrected chi connectivity index (χ0v) is 12.3. The highest BCUT2D eigenvalue weighted by Gasteiger charge is 2.15. The third kappa shape index (κ3) is 3.49. The van der Waals surface area contributed by atoms with Crippen LogP contribution in [-0.2, 0) is 6.61 Å². The Bertz CT molecular complexity index is 693. The number of ether oxygens (including phenoxy) is 1. The first kappa shape index (κ1) is 15.2. The summed E-state index contributed by atoms with van der Waals surface area (Å²) in [5, 5.41) is 11.4. The number of halogens is 3. The van der Waals surface area contributed by atoms with Crippen molar-refractivity contribution in [2.24, 2.45) is 10.9 Å². The summed E-state index contributed by atoms with van der Waals surface area (Å²) in [4.78, 5) is 0.